The molecule has 36 heavy (non-hydrogen) atoms. The van der Waals surface area contributed by atoms with Gasteiger partial charge in [-0.05, 0) is 55.5 Å². The highest BCUT2D eigenvalue weighted by Crippen LogP contribution is 2.34. The number of carbonyl (C=O) groups is 2. The van der Waals surface area contributed by atoms with Crippen LogP contribution in [0.3, 0.4) is 0 Å². The quantitative estimate of drug-likeness (QED) is 0.584. The largest absolute Gasteiger partial charge is 0.457 e. The molecule has 2 saturated heterocycles. The Hall–Kier alpha value is -3.34. The molecule has 0 aliphatic carbocycles. The fourth-order valence-electron chi connectivity index (χ4n) is 4.97. The lowest BCUT2D eigenvalue weighted by Crippen LogP contribution is -2.74. The molecular weight excluding hydrogens is 454 g/mol. The Balaban J connectivity index is 1.41. The number of nitrogens with zero attached hydrogens (tertiary/aromatic N) is 2. The first kappa shape index (κ1) is 25.7. The van der Waals surface area contributed by atoms with E-state index < -0.39 is 17.7 Å². The van der Waals surface area contributed by atoms with Gasteiger partial charge in [-0.3, -0.25) is 14.5 Å². The lowest BCUT2D eigenvalue weighted by atomic mass is 9.80. The van der Waals surface area contributed by atoms with Gasteiger partial charge in [-0.2, -0.15) is 0 Å². The number of piperazine rings is 1. The molecule has 2 aliphatic rings. The molecule has 2 aromatic rings. The fraction of sp³-hybridized carbons (Fsp3) is 0.448. The van der Waals surface area contributed by atoms with Crippen LogP contribution in [0.1, 0.15) is 39.2 Å². The van der Waals surface area contributed by atoms with Crippen LogP contribution in [0.4, 0.5) is 0 Å². The molecule has 7 nitrogen and oxygen atoms in total. The third-order valence-corrected chi connectivity index (χ3v) is 7.19. The van der Waals surface area contributed by atoms with Gasteiger partial charge in [-0.25, -0.2) is 0 Å². The number of amides is 2. The summed E-state index contributed by atoms with van der Waals surface area (Å²) in [7, 11) is 0. The van der Waals surface area contributed by atoms with Gasteiger partial charge in [0.05, 0.1) is 12.6 Å². The summed E-state index contributed by atoms with van der Waals surface area (Å²) in [6.07, 6.45) is 0.107. The Morgan fingerprint density at radius 3 is 2.31 bits per heavy atom. The van der Waals surface area contributed by atoms with Gasteiger partial charge >= 0.3 is 0 Å². The molecule has 2 amide bonds. The van der Waals surface area contributed by atoms with Crippen molar-refractivity contribution in [2.24, 2.45) is 5.92 Å². The first-order valence-electron chi connectivity index (χ1n) is 12.6. The number of hydrogen-bond donors (Lipinski definition) is 2. The minimum Gasteiger partial charge on any atom is -0.457 e. The minimum atomic E-state index is -0.940. The van der Waals surface area contributed by atoms with Crippen LogP contribution in [0, 0.1) is 17.8 Å². The van der Waals surface area contributed by atoms with Crippen molar-refractivity contribution < 1.29 is 19.4 Å². The first-order valence-corrected chi connectivity index (χ1v) is 12.6. The van der Waals surface area contributed by atoms with Gasteiger partial charge in [0, 0.05) is 19.6 Å². The van der Waals surface area contributed by atoms with E-state index in [9.17, 15) is 14.7 Å². The second kappa shape index (κ2) is 11.2. The SMILES string of the molecule is CC#CCN1C(=O)[C@@H]([C@H](O)C(C)C)NC(=O)C12CCN(Cc1ccc(Oc3ccccc3)cc1)CC2. The van der Waals surface area contributed by atoms with Crippen molar-refractivity contribution in [1.29, 1.82) is 0 Å². The summed E-state index contributed by atoms with van der Waals surface area (Å²) < 4.78 is 5.88. The summed E-state index contributed by atoms with van der Waals surface area (Å²) in [6, 6.07) is 16.8. The molecule has 0 unspecified atom stereocenters. The van der Waals surface area contributed by atoms with Crippen molar-refractivity contribution in [3.8, 4) is 23.3 Å². The van der Waals surface area contributed by atoms with E-state index in [-0.39, 0.29) is 24.3 Å². The molecule has 1 spiro atoms. The lowest BCUT2D eigenvalue weighted by Gasteiger charge is -2.51. The Morgan fingerprint density at radius 1 is 1.06 bits per heavy atom. The molecule has 2 heterocycles. The number of likely N-dealkylation sites (tertiary alicyclic amines) is 1. The maximum absolute atomic E-state index is 13.4. The molecule has 2 aromatic carbocycles. The van der Waals surface area contributed by atoms with Crippen LogP contribution >= 0.6 is 0 Å². The van der Waals surface area contributed by atoms with Crippen LogP contribution in [-0.2, 0) is 16.1 Å². The summed E-state index contributed by atoms with van der Waals surface area (Å²) in [5.41, 5.74) is 0.224. The molecule has 2 aliphatic heterocycles. The summed E-state index contributed by atoms with van der Waals surface area (Å²) in [4.78, 5) is 30.7. The summed E-state index contributed by atoms with van der Waals surface area (Å²) in [6.45, 7) is 7.69. The molecular formula is C29H35N3O4. The Kier molecular flexibility index (Phi) is 7.97. The number of piperidine rings is 1. The van der Waals surface area contributed by atoms with Crippen LogP contribution < -0.4 is 10.1 Å². The van der Waals surface area contributed by atoms with Crippen molar-refractivity contribution in [3.63, 3.8) is 0 Å². The van der Waals surface area contributed by atoms with Crippen LogP contribution in [-0.4, -0.2) is 64.0 Å². The monoisotopic (exact) mass is 489 g/mol. The van der Waals surface area contributed by atoms with E-state index in [1.165, 1.54) is 0 Å². The van der Waals surface area contributed by atoms with E-state index in [0.29, 0.717) is 25.9 Å². The van der Waals surface area contributed by atoms with Crippen molar-refractivity contribution in [1.82, 2.24) is 15.1 Å². The standard InChI is InChI=1S/C29H35N3O4/c1-4-5-17-32-27(34)25(26(33)21(2)3)30-28(35)29(32)15-18-31(19-16-29)20-22-11-13-24(14-12-22)36-23-9-7-6-8-10-23/h6-14,21,25-26,33H,15-20H2,1-3H3,(H,30,35)/t25-,26-/m1/s1. The number of rotatable bonds is 7. The lowest BCUT2D eigenvalue weighted by molar-refractivity contribution is -0.164. The van der Waals surface area contributed by atoms with E-state index in [1.54, 1.807) is 11.8 Å². The molecule has 0 bridgehead atoms. The zero-order valence-electron chi connectivity index (χ0n) is 21.2. The maximum Gasteiger partial charge on any atom is 0.249 e. The van der Waals surface area contributed by atoms with Crippen molar-refractivity contribution in [3.05, 3.63) is 60.2 Å². The van der Waals surface area contributed by atoms with Gasteiger partial charge in [0.25, 0.3) is 0 Å². The second-order valence-corrected chi connectivity index (χ2v) is 9.90. The van der Waals surface area contributed by atoms with Gasteiger partial charge in [0.2, 0.25) is 11.8 Å². The highest BCUT2D eigenvalue weighted by atomic mass is 16.5. The summed E-state index contributed by atoms with van der Waals surface area (Å²) in [5, 5.41) is 13.4. The maximum atomic E-state index is 13.4. The van der Waals surface area contributed by atoms with Gasteiger partial charge in [-0.1, -0.05) is 50.1 Å². The predicted molar refractivity (Wildman–Crippen MR) is 138 cm³/mol. The summed E-state index contributed by atoms with van der Waals surface area (Å²) >= 11 is 0. The number of aliphatic hydroxyl groups excluding tert-OH is 1. The zero-order valence-corrected chi connectivity index (χ0v) is 21.2. The summed E-state index contributed by atoms with van der Waals surface area (Å²) in [5.74, 6) is 6.80. The molecule has 0 saturated carbocycles. The first-order chi connectivity index (χ1) is 17.3. The minimum absolute atomic E-state index is 0.154. The molecule has 2 N–H and O–H groups in total. The number of benzene rings is 2. The third-order valence-electron chi connectivity index (χ3n) is 7.19. The van der Waals surface area contributed by atoms with E-state index >= 15 is 0 Å². The van der Waals surface area contributed by atoms with Crippen molar-refractivity contribution >= 4 is 11.8 Å². The fourth-order valence-corrected chi connectivity index (χ4v) is 4.97. The molecule has 190 valence electrons. The Labute approximate surface area is 213 Å². The smallest absolute Gasteiger partial charge is 0.249 e. The van der Waals surface area contributed by atoms with E-state index in [0.717, 1.165) is 23.6 Å². The highest BCUT2D eigenvalue weighted by Gasteiger charge is 2.54. The normalized spacial score (nSPS) is 20.6. The van der Waals surface area contributed by atoms with Crippen LogP contribution in [0.25, 0.3) is 0 Å². The number of aliphatic hydroxyl groups is 1. The van der Waals surface area contributed by atoms with Crippen molar-refractivity contribution in [2.75, 3.05) is 19.6 Å². The van der Waals surface area contributed by atoms with Crippen LogP contribution in [0.2, 0.25) is 0 Å². The second-order valence-electron chi connectivity index (χ2n) is 9.90. The van der Waals surface area contributed by atoms with Crippen LogP contribution in [0.5, 0.6) is 11.5 Å². The predicted octanol–water partition coefficient (Wildman–Crippen LogP) is 3.18. The molecule has 0 radical (unpaired) electrons. The van der Waals surface area contributed by atoms with Crippen LogP contribution in [0.15, 0.2) is 54.6 Å². The van der Waals surface area contributed by atoms with E-state index in [1.807, 2.05) is 56.3 Å². The topological polar surface area (TPSA) is 82.1 Å². The van der Waals surface area contributed by atoms with Gasteiger partial charge < -0.3 is 20.1 Å². The average Bonchev–Trinajstić information content (AvgIpc) is 2.89. The highest BCUT2D eigenvalue weighted by molar-refractivity contribution is 6.00. The average molecular weight is 490 g/mol. The molecule has 4 rings (SSSR count). The van der Waals surface area contributed by atoms with E-state index in [2.05, 4.69) is 34.2 Å². The van der Waals surface area contributed by atoms with E-state index in [4.69, 9.17) is 4.74 Å². The molecule has 7 heteroatoms. The zero-order chi connectivity index (χ0) is 25.7. The third kappa shape index (κ3) is 5.40. The number of ether oxygens (including phenoxy) is 1. The van der Waals surface area contributed by atoms with Gasteiger partial charge in [-0.15, -0.1) is 5.92 Å². The number of carbonyl (C=O) groups excluding carboxylic acids is 2. The Bertz CT molecular complexity index is 1110. The van der Waals surface area contributed by atoms with Gasteiger partial charge in [0.15, 0.2) is 0 Å². The molecule has 0 aromatic heterocycles. The van der Waals surface area contributed by atoms with Gasteiger partial charge in [0.1, 0.15) is 23.1 Å². The molecule has 2 fully saturated rings. The number of nitrogens with one attached hydrogen (secondary N) is 1. The Morgan fingerprint density at radius 2 is 1.69 bits per heavy atom. The molecule has 2 atom stereocenters. The van der Waals surface area contributed by atoms with Crippen molar-refractivity contribution in [2.45, 2.75) is 57.8 Å². The number of hydrogen-bond acceptors (Lipinski definition) is 5. The number of para-hydroxylation sites is 1.